The van der Waals surface area contributed by atoms with E-state index in [4.69, 9.17) is 8.83 Å². The van der Waals surface area contributed by atoms with E-state index in [9.17, 15) is 0 Å². The summed E-state index contributed by atoms with van der Waals surface area (Å²) in [5.41, 5.74) is 2.69. The lowest BCUT2D eigenvalue weighted by Gasteiger charge is -1.95. The zero-order valence-electron chi connectivity index (χ0n) is 11.0. The Bertz CT molecular complexity index is 598. The molecule has 0 radical (unpaired) electrons. The van der Waals surface area contributed by atoms with Crippen molar-refractivity contribution in [1.82, 2.24) is 9.97 Å². The predicted molar refractivity (Wildman–Crippen MR) is 69.8 cm³/mol. The fraction of sp³-hybridized carbons (Fsp3) is 0.429. The molecule has 0 amide bonds. The maximum absolute atomic E-state index is 5.67. The van der Waals surface area contributed by atoms with Crippen LogP contribution in [0.1, 0.15) is 51.1 Å². The number of hydrogen-bond acceptors (Lipinski definition) is 4. The van der Waals surface area contributed by atoms with Gasteiger partial charge in [-0.2, -0.15) is 4.98 Å². The largest absolute Gasteiger partial charge is 0.441 e. The molecule has 0 saturated carbocycles. The van der Waals surface area contributed by atoms with Crippen molar-refractivity contribution in [2.45, 2.75) is 39.5 Å². The highest BCUT2D eigenvalue weighted by molar-refractivity contribution is 5.81. The first-order chi connectivity index (χ1) is 8.54. The number of aromatic nitrogens is 2. The highest BCUT2D eigenvalue weighted by Crippen LogP contribution is 2.27. The Kier molecular flexibility index (Phi) is 2.40. The molecular weight excluding hydrogens is 228 g/mol. The summed E-state index contributed by atoms with van der Waals surface area (Å²) in [5, 5.41) is 0. The Morgan fingerprint density at radius 1 is 0.778 bits per heavy atom. The minimum Gasteiger partial charge on any atom is -0.441 e. The number of furan rings is 2. The third-order valence-corrected chi connectivity index (χ3v) is 3.01. The van der Waals surface area contributed by atoms with Gasteiger partial charge < -0.3 is 8.83 Å². The van der Waals surface area contributed by atoms with Crippen LogP contribution >= 0.6 is 0 Å². The molecule has 0 atom stereocenters. The Morgan fingerprint density at radius 3 is 1.61 bits per heavy atom. The number of rotatable bonds is 2. The summed E-state index contributed by atoms with van der Waals surface area (Å²) in [6.45, 7) is 8.33. The van der Waals surface area contributed by atoms with E-state index >= 15 is 0 Å². The Labute approximate surface area is 105 Å². The molecule has 3 aromatic rings. The molecule has 0 aliphatic heterocycles. The molecule has 4 nitrogen and oxygen atoms in total. The second-order valence-electron chi connectivity index (χ2n) is 5.21. The first-order valence-electron chi connectivity index (χ1n) is 6.25. The molecule has 0 saturated heterocycles. The molecule has 0 aliphatic carbocycles. The normalized spacial score (nSPS) is 12.3. The molecule has 0 N–H and O–H groups in total. The monoisotopic (exact) mass is 244 g/mol. The molecule has 3 rings (SSSR count). The second kappa shape index (κ2) is 3.83. The molecular formula is C14H16N2O2. The van der Waals surface area contributed by atoms with Gasteiger partial charge in [0.15, 0.2) is 0 Å². The highest BCUT2D eigenvalue weighted by Gasteiger charge is 2.14. The first kappa shape index (κ1) is 11.3. The van der Waals surface area contributed by atoms with Crippen molar-refractivity contribution in [2.75, 3.05) is 0 Å². The topological polar surface area (TPSA) is 52.1 Å². The molecule has 0 aliphatic rings. The third-order valence-electron chi connectivity index (χ3n) is 3.01. The van der Waals surface area contributed by atoms with E-state index in [2.05, 4.69) is 37.7 Å². The molecule has 3 aromatic heterocycles. The van der Waals surface area contributed by atoms with Crippen LogP contribution in [0.15, 0.2) is 21.0 Å². The van der Waals surface area contributed by atoms with Crippen LogP contribution in [0.4, 0.5) is 0 Å². The van der Waals surface area contributed by atoms with Crippen LogP contribution in [0.2, 0.25) is 0 Å². The Morgan fingerprint density at radius 2 is 1.22 bits per heavy atom. The molecule has 0 fully saturated rings. The van der Waals surface area contributed by atoms with Crippen LogP contribution in [0.3, 0.4) is 0 Å². The molecule has 94 valence electrons. The SMILES string of the molecule is CC(C)c1cc2nc3cc(C(C)C)oc3nc2o1. The zero-order valence-corrected chi connectivity index (χ0v) is 11.0. The minimum atomic E-state index is 0.332. The summed E-state index contributed by atoms with van der Waals surface area (Å²) >= 11 is 0. The fourth-order valence-corrected chi connectivity index (χ4v) is 1.89. The number of fused-ring (bicyclic) bond motifs is 2. The van der Waals surface area contributed by atoms with E-state index in [0.29, 0.717) is 23.3 Å². The van der Waals surface area contributed by atoms with Crippen molar-refractivity contribution in [3.63, 3.8) is 0 Å². The van der Waals surface area contributed by atoms with Crippen molar-refractivity contribution in [1.29, 1.82) is 0 Å². The zero-order chi connectivity index (χ0) is 12.9. The van der Waals surface area contributed by atoms with E-state index in [1.807, 2.05) is 12.1 Å². The van der Waals surface area contributed by atoms with Crippen molar-refractivity contribution in [3.8, 4) is 0 Å². The molecule has 0 aromatic carbocycles. The van der Waals surface area contributed by atoms with Gasteiger partial charge in [0.25, 0.3) is 0 Å². The van der Waals surface area contributed by atoms with Crippen LogP contribution in [-0.4, -0.2) is 9.97 Å². The van der Waals surface area contributed by atoms with Gasteiger partial charge in [-0.3, -0.25) is 0 Å². The fourth-order valence-electron chi connectivity index (χ4n) is 1.89. The van der Waals surface area contributed by atoms with E-state index in [1.165, 1.54) is 0 Å². The van der Waals surface area contributed by atoms with Crippen LogP contribution < -0.4 is 0 Å². The van der Waals surface area contributed by atoms with Gasteiger partial charge in [-0.25, -0.2) is 4.98 Å². The maximum atomic E-state index is 5.67. The lowest BCUT2D eigenvalue weighted by Crippen LogP contribution is -1.80. The Balaban J connectivity index is 2.21. The predicted octanol–water partition coefficient (Wildman–Crippen LogP) is 4.22. The molecule has 3 heterocycles. The molecule has 0 spiro atoms. The average molecular weight is 244 g/mol. The van der Waals surface area contributed by atoms with E-state index in [1.54, 1.807) is 0 Å². The first-order valence-corrected chi connectivity index (χ1v) is 6.25. The summed E-state index contributed by atoms with van der Waals surface area (Å²) in [6.07, 6.45) is 0. The van der Waals surface area contributed by atoms with Gasteiger partial charge in [0.05, 0.1) is 0 Å². The van der Waals surface area contributed by atoms with Gasteiger partial charge in [0.1, 0.15) is 22.6 Å². The lowest BCUT2D eigenvalue weighted by molar-refractivity contribution is 0.499. The number of hydrogen-bond donors (Lipinski definition) is 0. The summed E-state index contributed by atoms with van der Waals surface area (Å²) in [6, 6.07) is 3.91. The van der Waals surface area contributed by atoms with Crippen LogP contribution in [0.25, 0.3) is 22.5 Å². The Hall–Kier alpha value is -1.84. The summed E-state index contributed by atoms with van der Waals surface area (Å²) in [7, 11) is 0. The molecule has 0 bridgehead atoms. The van der Waals surface area contributed by atoms with Gasteiger partial charge >= 0.3 is 0 Å². The van der Waals surface area contributed by atoms with E-state index in [-0.39, 0.29) is 0 Å². The van der Waals surface area contributed by atoms with Gasteiger partial charge in [0.2, 0.25) is 11.4 Å². The molecule has 0 unspecified atom stereocenters. The van der Waals surface area contributed by atoms with Crippen LogP contribution in [0, 0.1) is 0 Å². The van der Waals surface area contributed by atoms with Gasteiger partial charge in [-0.05, 0) is 0 Å². The van der Waals surface area contributed by atoms with Crippen molar-refractivity contribution in [2.24, 2.45) is 0 Å². The van der Waals surface area contributed by atoms with Gasteiger partial charge in [-0.1, -0.05) is 27.7 Å². The van der Waals surface area contributed by atoms with Crippen molar-refractivity contribution < 1.29 is 8.83 Å². The van der Waals surface area contributed by atoms with Crippen LogP contribution in [0.5, 0.6) is 0 Å². The highest BCUT2D eigenvalue weighted by atomic mass is 16.4. The maximum Gasteiger partial charge on any atom is 0.248 e. The standard InChI is InChI=1S/C14H16N2O2/c1-7(2)11-5-9-13(17-11)16-14-10(15-9)6-12(18-14)8(3)4/h5-8H,1-4H3. The van der Waals surface area contributed by atoms with Crippen molar-refractivity contribution >= 4 is 22.5 Å². The average Bonchev–Trinajstić information content (AvgIpc) is 2.87. The molecule has 4 heteroatoms. The van der Waals surface area contributed by atoms with E-state index in [0.717, 1.165) is 22.6 Å². The molecule has 18 heavy (non-hydrogen) atoms. The summed E-state index contributed by atoms with van der Waals surface area (Å²) < 4.78 is 11.3. The van der Waals surface area contributed by atoms with Gasteiger partial charge in [-0.15, -0.1) is 0 Å². The lowest BCUT2D eigenvalue weighted by atomic mass is 10.1. The third kappa shape index (κ3) is 1.68. The van der Waals surface area contributed by atoms with E-state index < -0.39 is 0 Å². The quantitative estimate of drug-likeness (QED) is 0.677. The van der Waals surface area contributed by atoms with Crippen molar-refractivity contribution in [3.05, 3.63) is 23.7 Å². The summed E-state index contributed by atoms with van der Waals surface area (Å²) in [5.74, 6) is 2.47. The van der Waals surface area contributed by atoms with Gasteiger partial charge in [0, 0.05) is 24.0 Å². The summed E-state index contributed by atoms with van der Waals surface area (Å²) in [4.78, 5) is 8.92. The second-order valence-corrected chi connectivity index (χ2v) is 5.21. The van der Waals surface area contributed by atoms with Crippen LogP contribution in [-0.2, 0) is 0 Å². The minimum absolute atomic E-state index is 0.332. The number of nitrogens with zero attached hydrogens (tertiary/aromatic N) is 2. The smallest absolute Gasteiger partial charge is 0.248 e.